The SMILES string of the molecule is Cc1ccsc1C(=O)Nc1ccc(NC(=O)[C@@H]2CCCO2)cc1C(F)(F)F. The van der Waals surface area contributed by atoms with Crippen molar-refractivity contribution in [2.45, 2.75) is 32.0 Å². The number of halogens is 3. The molecule has 0 spiro atoms. The predicted molar refractivity (Wildman–Crippen MR) is 96.1 cm³/mol. The van der Waals surface area contributed by atoms with Gasteiger partial charge in [0.25, 0.3) is 11.8 Å². The van der Waals surface area contributed by atoms with Gasteiger partial charge in [-0.3, -0.25) is 9.59 Å². The molecule has 0 unspecified atom stereocenters. The minimum absolute atomic E-state index is 0.00636. The molecule has 1 aliphatic heterocycles. The van der Waals surface area contributed by atoms with Crippen LogP contribution in [0.3, 0.4) is 0 Å². The maximum atomic E-state index is 13.5. The lowest BCUT2D eigenvalue weighted by Crippen LogP contribution is -2.27. The lowest BCUT2D eigenvalue weighted by atomic mass is 10.1. The number of hydrogen-bond acceptors (Lipinski definition) is 4. The van der Waals surface area contributed by atoms with E-state index in [1.807, 2.05) is 0 Å². The summed E-state index contributed by atoms with van der Waals surface area (Å²) < 4.78 is 45.6. The first-order valence-corrected chi connectivity index (χ1v) is 9.13. The molecule has 1 saturated heterocycles. The normalized spacial score (nSPS) is 17.0. The Morgan fingerprint density at radius 3 is 2.59 bits per heavy atom. The third kappa shape index (κ3) is 4.48. The molecule has 3 rings (SSSR count). The van der Waals surface area contributed by atoms with E-state index in [0.717, 1.165) is 29.9 Å². The summed E-state index contributed by atoms with van der Waals surface area (Å²) in [5.74, 6) is -1.09. The van der Waals surface area contributed by atoms with Crippen molar-refractivity contribution in [3.63, 3.8) is 0 Å². The summed E-state index contributed by atoms with van der Waals surface area (Å²) in [6, 6.07) is 4.98. The number of anilines is 2. The number of thiophene rings is 1. The van der Waals surface area contributed by atoms with Crippen LogP contribution in [-0.2, 0) is 15.7 Å². The van der Waals surface area contributed by atoms with E-state index in [4.69, 9.17) is 4.74 Å². The first-order valence-electron chi connectivity index (χ1n) is 8.25. The van der Waals surface area contributed by atoms with Gasteiger partial charge in [-0.2, -0.15) is 13.2 Å². The second-order valence-electron chi connectivity index (χ2n) is 6.14. The molecule has 27 heavy (non-hydrogen) atoms. The van der Waals surface area contributed by atoms with E-state index in [1.165, 1.54) is 6.07 Å². The average molecular weight is 398 g/mol. The summed E-state index contributed by atoms with van der Waals surface area (Å²) in [6.07, 6.45) is -4.08. The second-order valence-corrected chi connectivity index (χ2v) is 7.05. The number of hydrogen-bond donors (Lipinski definition) is 2. The van der Waals surface area contributed by atoms with Crippen LogP contribution in [0.2, 0.25) is 0 Å². The van der Waals surface area contributed by atoms with Crippen molar-refractivity contribution in [1.29, 1.82) is 0 Å². The fourth-order valence-electron chi connectivity index (χ4n) is 2.76. The van der Waals surface area contributed by atoms with Crippen LogP contribution in [0.5, 0.6) is 0 Å². The van der Waals surface area contributed by atoms with Gasteiger partial charge >= 0.3 is 6.18 Å². The highest BCUT2D eigenvalue weighted by molar-refractivity contribution is 7.12. The summed E-state index contributed by atoms with van der Waals surface area (Å²) in [5.41, 5.74) is -0.717. The Kier molecular flexibility index (Phi) is 5.52. The molecule has 0 bridgehead atoms. The maximum absolute atomic E-state index is 13.5. The highest BCUT2D eigenvalue weighted by atomic mass is 32.1. The number of aryl methyl sites for hydroxylation is 1. The Hall–Kier alpha value is -2.39. The molecule has 1 aromatic carbocycles. The van der Waals surface area contributed by atoms with E-state index >= 15 is 0 Å². The van der Waals surface area contributed by atoms with Crippen LogP contribution in [0.4, 0.5) is 24.5 Å². The summed E-state index contributed by atoms with van der Waals surface area (Å²) >= 11 is 1.15. The molecule has 0 aliphatic carbocycles. The molecule has 9 heteroatoms. The molecular weight excluding hydrogens is 381 g/mol. The Morgan fingerprint density at radius 2 is 2.00 bits per heavy atom. The maximum Gasteiger partial charge on any atom is 0.418 e. The van der Waals surface area contributed by atoms with Gasteiger partial charge in [-0.1, -0.05) is 0 Å². The molecule has 1 aromatic heterocycles. The van der Waals surface area contributed by atoms with Gasteiger partial charge in [-0.05, 0) is 55.0 Å². The van der Waals surface area contributed by atoms with Gasteiger partial charge in [-0.15, -0.1) is 11.3 Å². The largest absolute Gasteiger partial charge is 0.418 e. The zero-order valence-corrected chi connectivity index (χ0v) is 15.2. The summed E-state index contributed by atoms with van der Waals surface area (Å²) in [6.45, 7) is 2.17. The van der Waals surface area contributed by atoms with E-state index in [0.29, 0.717) is 23.5 Å². The van der Waals surface area contributed by atoms with Crippen LogP contribution in [0, 0.1) is 6.92 Å². The van der Waals surface area contributed by atoms with E-state index in [2.05, 4.69) is 10.6 Å². The Bertz CT molecular complexity index is 858. The second kappa shape index (κ2) is 7.69. The molecule has 1 fully saturated rings. The minimum atomic E-state index is -4.70. The number of carbonyl (C=O) groups is 2. The summed E-state index contributed by atoms with van der Waals surface area (Å²) in [4.78, 5) is 24.6. The number of carbonyl (C=O) groups excluding carboxylic acids is 2. The zero-order chi connectivity index (χ0) is 19.6. The molecule has 0 saturated carbocycles. The predicted octanol–water partition coefficient (Wildman–Crippen LogP) is 4.45. The van der Waals surface area contributed by atoms with Gasteiger partial charge in [0.05, 0.1) is 16.1 Å². The molecule has 2 aromatic rings. The number of nitrogens with one attached hydrogen (secondary N) is 2. The number of benzene rings is 1. The third-order valence-electron chi connectivity index (χ3n) is 4.13. The van der Waals surface area contributed by atoms with Gasteiger partial charge in [0.1, 0.15) is 6.10 Å². The van der Waals surface area contributed by atoms with E-state index in [1.54, 1.807) is 18.4 Å². The quantitative estimate of drug-likeness (QED) is 0.800. The van der Waals surface area contributed by atoms with E-state index in [-0.39, 0.29) is 11.4 Å². The van der Waals surface area contributed by atoms with Crippen molar-refractivity contribution in [2.75, 3.05) is 17.2 Å². The topological polar surface area (TPSA) is 67.4 Å². The fraction of sp³-hybridized carbons (Fsp3) is 0.333. The van der Waals surface area contributed by atoms with Crippen molar-refractivity contribution in [3.05, 3.63) is 45.6 Å². The molecule has 0 radical (unpaired) electrons. The zero-order valence-electron chi connectivity index (χ0n) is 14.4. The van der Waals surface area contributed by atoms with Crippen molar-refractivity contribution in [2.24, 2.45) is 0 Å². The highest BCUT2D eigenvalue weighted by Gasteiger charge is 2.35. The Balaban J connectivity index is 1.83. The fourth-order valence-corrected chi connectivity index (χ4v) is 3.58. The number of ether oxygens (including phenoxy) is 1. The van der Waals surface area contributed by atoms with Gasteiger partial charge in [0.2, 0.25) is 0 Å². The van der Waals surface area contributed by atoms with E-state index in [9.17, 15) is 22.8 Å². The van der Waals surface area contributed by atoms with Crippen molar-refractivity contribution in [1.82, 2.24) is 0 Å². The van der Waals surface area contributed by atoms with Gasteiger partial charge in [0.15, 0.2) is 0 Å². The molecule has 1 atom stereocenters. The monoisotopic (exact) mass is 398 g/mol. The number of alkyl halides is 3. The first kappa shape index (κ1) is 19.4. The lowest BCUT2D eigenvalue weighted by molar-refractivity contribution is -0.137. The first-order chi connectivity index (χ1) is 12.8. The van der Waals surface area contributed by atoms with Crippen LogP contribution in [0.15, 0.2) is 29.6 Å². The summed E-state index contributed by atoms with van der Waals surface area (Å²) in [5, 5.41) is 6.44. The Morgan fingerprint density at radius 1 is 1.22 bits per heavy atom. The van der Waals surface area contributed by atoms with Gasteiger partial charge < -0.3 is 15.4 Å². The highest BCUT2D eigenvalue weighted by Crippen LogP contribution is 2.37. The number of amides is 2. The minimum Gasteiger partial charge on any atom is -0.368 e. The van der Waals surface area contributed by atoms with Crippen LogP contribution in [-0.4, -0.2) is 24.5 Å². The average Bonchev–Trinajstić information content (AvgIpc) is 3.26. The smallest absolute Gasteiger partial charge is 0.368 e. The Labute approximate surface area is 157 Å². The molecule has 2 heterocycles. The molecule has 2 N–H and O–H groups in total. The van der Waals surface area contributed by atoms with Crippen LogP contribution >= 0.6 is 11.3 Å². The molecular formula is C18H17F3N2O3S. The third-order valence-corrected chi connectivity index (χ3v) is 5.15. The van der Waals surface area contributed by atoms with E-state index < -0.39 is 29.7 Å². The standard InChI is InChI=1S/C18H17F3N2O3S/c1-10-6-8-27-15(10)17(25)23-13-5-4-11(9-12(13)18(19,20)21)22-16(24)14-3-2-7-26-14/h4-6,8-9,14H,2-3,7H2,1H3,(H,22,24)(H,23,25)/t14-/m0/s1. The van der Waals surface area contributed by atoms with Gasteiger partial charge in [0, 0.05) is 12.3 Å². The van der Waals surface area contributed by atoms with Crippen molar-refractivity contribution in [3.8, 4) is 0 Å². The van der Waals surface area contributed by atoms with Crippen LogP contribution in [0.1, 0.15) is 33.6 Å². The molecule has 144 valence electrons. The number of rotatable bonds is 4. The van der Waals surface area contributed by atoms with Crippen LogP contribution < -0.4 is 10.6 Å². The van der Waals surface area contributed by atoms with Crippen molar-refractivity contribution >= 4 is 34.5 Å². The lowest BCUT2D eigenvalue weighted by Gasteiger charge is -2.16. The molecule has 5 nitrogen and oxygen atoms in total. The molecule has 1 aliphatic rings. The van der Waals surface area contributed by atoms with Crippen LogP contribution in [0.25, 0.3) is 0 Å². The van der Waals surface area contributed by atoms with Crippen molar-refractivity contribution < 1.29 is 27.5 Å². The van der Waals surface area contributed by atoms with Gasteiger partial charge in [-0.25, -0.2) is 0 Å². The molecule has 2 amide bonds. The summed E-state index contributed by atoms with van der Waals surface area (Å²) in [7, 11) is 0.